The van der Waals surface area contributed by atoms with Gasteiger partial charge in [0.2, 0.25) is 0 Å². The molecular weight excluding hydrogens is 387 g/mol. The molecule has 0 aliphatic carbocycles. The Kier molecular flexibility index (Phi) is 6.77. The SMILES string of the molecule is CCCCn1c(=O)[nH]c2nc(-c3ccc(S(=O)(=O)[O-])cc3)[nH]c2c1=O.[K+]. The summed E-state index contributed by atoms with van der Waals surface area (Å²) < 4.78 is 34.0. The van der Waals surface area contributed by atoms with Crippen LogP contribution < -0.4 is 62.6 Å². The molecule has 0 bridgehead atoms. The number of fused-ring (bicyclic) bond motifs is 1. The Morgan fingerprint density at radius 3 is 2.38 bits per heavy atom. The van der Waals surface area contributed by atoms with Gasteiger partial charge >= 0.3 is 57.1 Å². The summed E-state index contributed by atoms with van der Waals surface area (Å²) in [5.41, 5.74) is -0.241. The molecule has 0 saturated carbocycles. The molecule has 132 valence electrons. The van der Waals surface area contributed by atoms with E-state index in [0.29, 0.717) is 18.5 Å². The number of hydrogen-bond donors (Lipinski definition) is 2. The third-order valence-electron chi connectivity index (χ3n) is 3.79. The van der Waals surface area contributed by atoms with Crippen molar-refractivity contribution in [3.05, 3.63) is 45.1 Å². The van der Waals surface area contributed by atoms with Crippen LogP contribution in [0.15, 0.2) is 38.8 Å². The first-order valence-electron chi connectivity index (χ1n) is 7.60. The van der Waals surface area contributed by atoms with Crippen molar-refractivity contribution < 1.29 is 64.4 Å². The van der Waals surface area contributed by atoms with Crippen molar-refractivity contribution >= 4 is 21.3 Å². The van der Waals surface area contributed by atoms with Gasteiger partial charge in [0.25, 0.3) is 5.56 Å². The van der Waals surface area contributed by atoms with Gasteiger partial charge in [0.15, 0.2) is 5.65 Å². The molecule has 3 rings (SSSR count). The van der Waals surface area contributed by atoms with E-state index in [0.717, 1.165) is 23.1 Å². The van der Waals surface area contributed by atoms with Crippen LogP contribution in [0.3, 0.4) is 0 Å². The molecule has 0 saturated heterocycles. The molecule has 2 N–H and O–H groups in total. The van der Waals surface area contributed by atoms with Crippen molar-refractivity contribution in [1.82, 2.24) is 19.5 Å². The molecule has 0 spiro atoms. The monoisotopic (exact) mass is 402 g/mol. The van der Waals surface area contributed by atoms with E-state index < -0.39 is 21.4 Å². The molecule has 0 aliphatic rings. The predicted molar refractivity (Wildman–Crippen MR) is 89.3 cm³/mol. The summed E-state index contributed by atoms with van der Waals surface area (Å²) in [6, 6.07) is 5.12. The largest absolute Gasteiger partial charge is 1.00 e. The number of nitrogens with zero attached hydrogens (tertiary/aromatic N) is 2. The van der Waals surface area contributed by atoms with Crippen LogP contribution in [0.4, 0.5) is 0 Å². The van der Waals surface area contributed by atoms with E-state index in [9.17, 15) is 22.6 Å². The summed E-state index contributed by atoms with van der Waals surface area (Å²) >= 11 is 0. The van der Waals surface area contributed by atoms with Crippen molar-refractivity contribution in [1.29, 1.82) is 0 Å². The van der Waals surface area contributed by atoms with Crippen molar-refractivity contribution in [2.24, 2.45) is 0 Å². The second-order valence-electron chi connectivity index (χ2n) is 5.53. The number of rotatable bonds is 5. The first-order chi connectivity index (χ1) is 11.8. The maximum atomic E-state index is 12.4. The van der Waals surface area contributed by atoms with Gasteiger partial charge in [-0.15, -0.1) is 0 Å². The van der Waals surface area contributed by atoms with Gasteiger partial charge in [0.1, 0.15) is 21.5 Å². The predicted octanol–water partition coefficient (Wildman–Crippen LogP) is -2.21. The van der Waals surface area contributed by atoms with Crippen LogP contribution in [0.25, 0.3) is 22.6 Å². The fourth-order valence-corrected chi connectivity index (χ4v) is 2.92. The van der Waals surface area contributed by atoms with Gasteiger partial charge in [0, 0.05) is 12.1 Å². The van der Waals surface area contributed by atoms with E-state index in [2.05, 4.69) is 15.0 Å². The van der Waals surface area contributed by atoms with E-state index in [1.807, 2.05) is 6.92 Å². The molecule has 2 heterocycles. The summed E-state index contributed by atoms with van der Waals surface area (Å²) in [4.78, 5) is 33.6. The quantitative estimate of drug-likeness (QED) is 0.366. The first kappa shape index (κ1) is 21.2. The van der Waals surface area contributed by atoms with Gasteiger partial charge in [0.05, 0.1) is 4.90 Å². The number of H-pyrrole nitrogens is 2. The van der Waals surface area contributed by atoms with Gasteiger partial charge in [-0.1, -0.05) is 25.5 Å². The smallest absolute Gasteiger partial charge is 0.744 e. The molecule has 11 heteroatoms. The van der Waals surface area contributed by atoms with Gasteiger partial charge in [-0.05, 0) is 18.6 Å². The van der Waals surface area contributed by atoms with Crippen LogP contribution >= 0.6 is 0 Å². The molecule has 3 aromatic rings. The number of benzene rings is 1. The van der Waals surface area contributed by atoms with E-state index in [-0.39, 0.29) is 73.3 Å². The molecule has 0 aliphatic heterocycles. The zero-order valence-electron chi connectivity index (χ0n) is 14.3. The van der Waals surface area contributed by atoms with Gasteiger partial charge < -0.3 is 9.54 Å². The average molecular weight is 402 g/mol. The molecule has 9 nitrogen and oxygen atoms in total. The number of hydrogen-bond acceptors (Lipinski definition) is 6. The molecule has 0 fully saturated rings. The fourth-order valence-electron chi connectivity index (χ4n) is 2.45. The molecular formula is C15H15KN4O5S. The van der Waals surface area contributed by atoms with Crippen LogP contribution in [0.2, 0.25) is 0 Å². The normalized spacial score (nSPS) is 11.5. The van der Waals surface area contributed by atoms with Crippen LogP contribution in [-0.4, -0.2) is 32.5 Å². The van der Waals surface area contributed by atoms with Gasteiger partial charge in [-0.25, -0.2) is 18.2 Å². The molecule has 2 aromatic heterocycles. The Hall–Kier alpha value is -1.08. The van der Waals surface area contributed by atoms with Crippen LogP contribution in [-0.2, 0) is 16.7 Å². The Morgan fingerprint density at radius 1 is 1.15 bits per heavy atom. The zero-order chi connectivity index (χ0) is 18.2. The molecule has 0 radical (unpaired) electrons. The van der Waals surface area contributed by atoms with Crippen LogP contribution in [0.5, 0.6) is 0 Å². The third-order valence-corrected chi connectivity index (χ3v) is 4.63. The number of nitrogens with one attached hydrogen (secondary N) is 2. The van der Waals surface area contributed by atoms with Gasteiger partial charge in [-0.3, -0.25) is 14.3 Å². The summed E-state index contributed by atoms with van der Waals surface area (Å²) in [5.74, 6) is 0.283. The maximum absolute atomic E-state index is 12.4. The maximum Gasteiger partial charge on any atom is 1.00 e. The van der Waals surface area contributed by atoms with Crippen LogP contribution in [0, 0.1) is 0 Å². The van der Waals surface area contributed by atoms with E-state index >= 15 is 0 Å². The van der Waals surface area contributed by atoms with Crippen molar-refractivity contribution in [2.45, 2.75) is 31.2 Å². The van der Waals surface area contributed by atoms with Gasteiger partial charge in [-0.2, -0.15) is 0 Å². The zero-order valence-corrected chi connectivity index (χ0v) is 18.2. The molecule has 0 amide bonds. The minimum Gasteiger partial charge on any atom is -0.744 e. The van der Waals surface area contributed by atoms with E-state index in [1.165, 1.54) is 12.1 Å². The Bertz CT molecular complexity index is 1150. The third kappa shape index (κ3) is 4.25. The van der Waals surface area contributed by atoms with E-state index in [4.69, 9.17) is 0 Å². The summed E-state index contributed by atoms with van der Waals surface area (Å²) in [6.45, 7) is 2.27. The number of unbranched alkanes of at least 4 members (excludes halogenated alkanes) is 1. The first-order valence-corrected chi connectivity index (χ1v) is 9.01. The fraction of sp³-hybridized carbons (Fsp3) is 0.267. The van der Waals surface area contributed by atoms with E-state index in [1.54, 1.807) is 0 Å². The van der Waals surface area contributed by atoms with Crippen molar-refractivity contribution in [3.8, 4) is 11.4 Å². The Labute approximate surface area is 191 Å². The second-order valence-corrected chi connectivity index (χ2v) is 6.91. The summed E-state index contributed by atoms with van der Waals surface area (Å²) in [7, 11) is -4.53. The number of aromatic nitrogens is 4. The minimum atomic E-state index is -4.53. The molecule has 26 heavy (non-hydrogen) atoms. The molecule has 0 atom stereocenters. The standard InChI is InChI=1S/C15H16N4O5S.K/c1-2-3-8-19-14(20)11-13(18-15(19)21)17-12(16-11)9-4-6-10(7-5-9)25(22,23)24;/h4-7H,2-3,8H2,1H3,(H,16,17)(H,18,21)(H,22,23,24);/q;+1/p-1. The second kappa shape index (κ2) is 8.29. The number of imidazole rings is 1. The summed E-state index contributed by atoms with van der Waals surface area (Å²) in [5, 5.41) is 0. The Morgan fingerprint density at radius 2 is 1.81 bits per heavy atom. The number of aromatic amines is 2. The summed E-state index contributed by atoms with van der Waals surface area (Å²) in [6.07, 6.45) is 1.54. The van der Waals surface area contributed by atoms with Crippen LogP contribution in [0.1, 0.15) is 19.8 Å². The van der Waals surface area contributed by atoms with Crippen molar-refractivity contribution in [3.63, 3.8) is 0 Å². The molecule has 0 unspecified atom stereocenters. The van der Waals surface area contributed by atoms with Crippen molar-refractivity contribution in [2.75, 3.05) is 0 Å². The molecule has 1 aromatic carbocycles. The average Bonchev–Trinajstić information content (AvgIpc) is 2.98. The Balaban J connectivity index is 0.00000243. The minimum absolute atomic E-state index is 0. The topological polar surface area (TPSA) is 141 Å².